The minimum absolute atomic E-state index is 0.282. The second-order valence-corrected chi connectivity index (χ2v) is 13.2. The van der Waals surface area contributed by atoms with Crippen molar-refractivity contribution in [1.29, 1.82) is 0 Å². The highest BCUT2D eigenvalue weighted by Gasteiger charge is 2.50. The Bertz CT molecular complexity index is 1480. The lowest BCUT2D eigenvalue weighted by Crippen LogP contribution is -2.59. The van der Waals surface area contributed by atoms with Crippen LogP contribution in [-0.2, 0) is 27.1 Å². The predicted octanol–water partition coefficient (Wildman–Crippen LogP) is 5.87. The number of hydrogen-bond donors (Lipinski definition) is 5. The molecule has 0 aliphatic carbocycles. The van der Waals surface area contributed by atoms with E-state index in [1.807, 2.05) is 30.3 Å². The van der Waals surface area contributed by atoms with E-state index in [4.69, 9.17) is 15.2 Å². The number of benzene rings is 2. The minimum Gasteiger partial charge on any atom is -0.387 e. The number of anilines is 3. The van der Waals surface area contributed by atoms with Crippen LogP contribution in [-0.4, -0.2) is 40.4 Å². The maximum Gasteiger partial charge on any atom is 0.412 e. The highest BCUT2D eigenvalue weighted by atomic mass is 32.1. The number of carbonyl (C=O) groups excluding carboxylic acids is 4. The number of nitrogens with zero attached hydrogens (tertiary/aromatic N) is 1. The van der Waals surface area contributed by atoms with Crippen LogP contribution in [0.25, 0.3) is 0 Å². The molecule has 0 fully saturated rings. The normalized spacial score (nSPS) is 12.8. The van der Waals surface area contributed by atoms with Crippen molar-refractivity contribution in [2.45, 2.75) is 72.8 Å². The number of primary amides is 1. The van der Waals surface area contributed by atoms with Crippen molar-refractivity contribution in [3.05, 3.63) is 70.7 Å². The average molecular weight is 625 g/mol. The summed E-state index contributed by atoms with van der Waals surface area (Å²) in [5, 5.41) is 11.6. The van der Waals surface area contributed by atoms with Gasteiger partial charge in [-0.1, -0.05) is 62.4 Å². The number of hydrogen-bond acceptors (Lipinski definition) is 9. The number of aryl methyl sites for hydroxylation is 2. The average Bonchev–Trinajstić information content (AvgIpc) is 3.28. The quantitative estimate of drug-likeness (QED) is 0.174. The Morgan fingerprint density at radius 1 is 0.841 bits per heavy atom. The van der Waals surface area contributed by atoms with E-state index in [1.165, 1.54) is 6.92 Å². The Morgan fingerprint density at radius 2 is 1.48 bits per heavy atom. The van der Waals surface area contributed by atoms with Gasteiger partial charge in [0.05, 0.1) is 11.1 Å². The van der Waals surface area contributed by atoms with Crippen LogP contribution in [0, 0.1) is 5.41 Å². The molecule has 236 valence electrons. The molecule has 1 unspecified atom stereocenters. The molecule has 0 radical (unpaired) electrons. The van der Waals surface area contributed by atoms with Gasteiger partial charge in [-0.25, -0.2) is 14.6 Å². The third-order valence-corrected chi connectivity index (χ3v) is 7.09. The van der Waals surface area contributed by atoms with Crippen LogP contribution in [0.4, 0.5) is 26.1 Å². The van der Waals surface area contributed by atoms with Crippen molar-refractivity contribution in [2.75, 3.05) is 16.0 Å². The van der Waals surface area contributed by atoms with Gasteiger partial charge in [-0.2, -0.15) is 0 Å². The molecule has 13 heteroatoms. The van der Waals surface area contributed by atoms with Crippen LogP contribution >= 0.6 is 11.3 Å². The summed E-state index contributed by atoms with van der Waals surface area (Å²) < 4.78 is 11.1. The summed E-state index contributed by atoms with van der Waals surface area (Å²) in [5.41, 5.74) is 6.46. The first kappa shape index (κ1) is 33.8. The molecule has 0 aliphatic heterocycles. The second kappa shape index (κ2) is 13.8. The molecule has 44 heavy (non-hydrogen) atoms. The zero-order valence-electron chi connectivity index (χ0n) is 26.0. The van der Waals surface area contributed by atoms with Gasteiger partial charge in [-0.05, 0) is 63.4 Å². The van der Waals surface area contributed by atoms with E-state index >= 15 is 0 Å². The van der Waals surface area contributed by atoms with Crippen molar-refractivity contribution < 1.29 is 28.7 Å². The number of para-hydroxylation sites is 1. The molecule has 3 rings (SSSR count). The van der Waals surface area contributed by atoms with Crippen molar-refractivity contribution in [1.82, 2.24) is 10.3 Å². The summed E-state index contributed by atoms with van der Waals surface area (Å²) in [7, 11) is 0. The Balaban J connectivity index is 1.80. The fourth-order valence-corrected chi connectivity index (χ4v) is 4.94. The molecule has 0 bridgehead atoms. The maximum absolute atomic E-state index is 13.1. The largest absolute Gasteiger partial charge is 0.412 e. The van der Waals surface area contributed by atoms with Crippen LogP contribution in [0.1, 0.15) is 69.4 Å². The van der Waals surface area contributed by atoms with Crippen LogP contribution in [0.3, 0.4) is 0 Å². The molecule has 2 aromatic carbocycles. The van der Waals surface area contributed by atoms with Crippen molar-refractivity contribution in [3.8, 4) is 0 Å². The first-order chi connectivity index (χ1) is 20.5. The fraction of sp³-hybridized carbons (Fsp3) is 0.387. The molecule has 3 aromatic rings. The molecule has 6 N–H and O–H groups in total. The van der Waals surface area contributed by atoms with Gasteiger partial charge in [0.15, 0.2) is 5.13 Å². The lowest BCUT2D eigenvalue weighted by Gasteiger charge is -2.42. The van der Waals surface area contributed by atoms with E-state index in [-0.39, 0.29) is 11.8 Å². The number of carbonyl (C=O) groups is 4. The molecule has 12 nitrogen and oxygen atoms in total. The zero-order chi connectivity index (χ0) is 32.7. The van der Waals surface area contributed by atoms with Gasteiger partial charge in [-0.3, -0.25) is 9.59 Å². The molecule has 1 atom stereocenters. The van der Waals surface area contributed by atoms with E-state index < -0.39 is 29.1 Å². The van der Waals surface area contributed by atoms with Gasteiger partial charge in [0.25, 0.3) is 5.91 Å². The van der Waals surface area contributed by atoms with Crippen LogP contribution in [0.2, 0.25) is 0 Å². The van der Waals surface area contributed by atoms with Crippen LogP contribution < -0.4 is 27.0 Å². The maximum atomic E-state index is 13.1. The summed E-state index contributed by atoms with van der Waals surface area (Å²) in [6.07, 6.45) is -0.969. The molecule has 0 spiro atoms. The molecule has 0 aliphatic rings. The third kappa shape index (κ3) is 9.69. The number of nitrogens with one attached hydrogen (secondary N) is 4. The standard InChI is InChI=1S/C31H40N6O6S/c1-19(38)33-27-35-23(24(44-27)25(39)34-21-11-9-8-10-12-21)18-15-20-13-16-22(17-14-20)36-31(29(2,3)4,42-26(32)40)43-28(41)37-30(5,6)7/h8-14,16-17,36H,15,18H2,1-7H3,(H2,32,40)(H,34,39)(H,37,41)(H,33,35,38). The molecule has 1 aromatic heterocycles. The molecule has 1 heterocycles. The van der Waals surface area contributed by atoms with Gasteiger partial charge in [0, 0.05) is 23.8 Å². The molecule has 4 amide bonds. The number of ether oxygens (including phenoxy) is 2. The van der Waals surface area contributed by atoms with E-state index in [1.54, 1.807) is 65.8 Å². The smallest absolute Gasteiger partial charge is 0.387 e. The van der Waals surface area contributed by atoms with Crippen molar-refractivity contribution in [3.63, 3.8) is 0 Å². The third-order valence-electron chi connectivity index (χ3n) is 6.08. The van der Waals surface area contributed by atoms with E-state index in [9.17, 15) is 19.2 Å². The lowest BCUT2D eigenvalue weighted by molar-refractivity contribution is -0.202. The van der Waals surface area contributed by atoms with E-state index in [0.29, 0.717) is 39.9 Å². The van der Waals surface area contributed by atoms with Crippen LogP contribution in [0.15, 0.2) is 54.6 Å². The van der Waals surface area contributed by atoms with Crippen LogP contribution in [0.5, 0.6) is 0 Å². The first-order valence-corrected chi connectivity index (χ1v) is 14.8. The Hall–Kier alpha value is -4.65. The Kier molecular flexibility index (Phi) is 10.6. The molecule has 0 saturated heterocycles. The van der Waals surface area contributed by atoms with Gasteiger partial charge < -0.3 is 36.5 Å². The second-order valence-electron chi connectivity index (χ2n) is 12.2. The monoisotopic (exact) mass is 624 g/mol. The van der Waals surface area contributed by atoms with Gasteiger partial charge in [0.2, 0.25) is 5.91 Å². The predicted molar refractivity (Wildman–Crippen MR) is 171 cm³/mol. The van der Waals surface area contributed by atoms with Gasteiger partial charge in [-0.15, -0.1) is 0 Å². The topological polar surface area (TPSA) is 174 Å². The Morgan fingerprint density at radius 3 is 2.02 bits per heavy atom. The number of thiazole rings is 1. The summed E-state index contributed by atoms with van der Waals surface area (Å²) in [5.74, 6) is -2.53. The van der Waals surface area contributed by atoms with Gasteiger partial charge >= 0.3 is 18.1 Å². The summed E-state index contributed by atoms with van der Waals surface area (Å²) in [4.78, 5) is 54.3. The molecular weight excluding hydrogens is 584 g/mol. The highest BCUT2D eigenvalue weighted by Crippen LogP contribution is 2.37. The highest BCUT2D eigenvalue weighted by molar-refractivity contribution is 7.17. The SMILES string of the molecule is CC(=O)Nc1nc(CCc2ccc(NC(OC(N)=O)(OC(=O)NC(C)(C)C)C(C)(C)C)cc2)c(C(=O)Nc2ccccc2)s1. The molecule has 0 saturated carbocycles. The number of aromatic nitrogens is 1. The van der Waals surface area contributed by atoms with Crippen molar-refractivity contribution in [2.24, 2.45) is 11.1 Å². The first-order valence-electron chi connectivity index (χ1n) is 14.0. The van der Waals surface area contributed by atoms with E-state index in [2.05, 4.69) is 26.3 Å². The van der Waals surface area contributed by atoms with Gasteiger partial charge in [0.1, 0.15) is 4.88 Å². The number of nitrogens with two attached hydrogens (primary N) is 1. The fourth-order valence-electron chi connectivity index (χ4n) is 3.99. The number of rotatable bonds is 10. The van der Waals surface area contributed by atoms with Crippen molar-refractivity contribution >= 4 is 51.8 Å². The number of amides is 4. The zero-order valence-corrected chi connectivity index (χ0v) is 26.8. The lowest BCUT2D eigenvalue weighted by atomic mass is 9.90. The summed E-state index contributed by atoms with van der Waals surface area (Å²) in [6, 6.07) is 16.3. The van der Waals surface area contributed by atoms with E-state index in [0.717, 1.165) is 16.9 Å². The minimum atomic E-state index is -1.93. The molecular formula is C31H40N6O6S. The number of alkyl carbamates (subject to hydrolysis) is 1. The summed E-state index contributed by atoms with van der Waals surface area (Å²) in [6.45, 7) is 11.9. The Labute approximate surface area is 261 Å². The summed E-state index contributed by atoms with van der Waals surface area (Å²) >= 11 is 1.11.